The number of hydrogen-bond donors (Lipinski definition) is 1. The maximum absolute atomic E-state index is 6.62. The van der Waals surface area contributed by atoms with E-state index in [4.69, 9.17) is 14.4 Å². The van der Waals surface area contributed by atoms with Crippen LogP contribution in [0.4, 0.5) is 0 Å². The van der Waals surface area contributed by atoms with Crippen molar-refractivity contribution in [1.29, 1.82) is 0 Å². The van der Waals surface area contributed by atoms with Crippen molar-refractivity contribution in [3.63, 3.8) is 0 Å². The van der Waals surface area contributed by atoms with Gasteiger partial charge in [-0.15, -0.1) is 0 Å². The summed E-state index contributed by atoms with van der Waals surface area (Å²) < 4.78 is 6.62. The average Bonchev–Trinajstić information content (AvgIpc) is 3.82. The van der Waals surface area contributed by atoms with Crippen molar-refractivity contribution in [2.24, 2.45) is 9.98 Å². The first-order valence-corrected chi connectivity index (χ1v) is 24.2. The Morgan fingerprint density at radius 3 is 1.42 bits per heavy atom. The van der Waals surface area contributed by atoms with E-state index in [-0.39, 0.29) is 6.17 Å². The summed E-state index contributed by atoms with van der Waals surface area (Å²) in [5.74, 6) is 1.50. The Hall–Kier alpha value is -9.38. The molecule has 13 aromatic rings. The van der Waals surface area contributed by atoms with Crippen LogP contribution in [-0.4, -0.2) is 11.7 Å². The minimum absolute atomic E-state index is 0.278. The molecule has 4 heteroatoms. The van der Waals surface area contributed by atoms with E-state index in [9.17, 15) is 0 Å². The second-order valence-electron chi connectivity index (χ2n) is 18.5. The number of amidine groups is 2. The number of nitrogens with zero attached hydrogens (tertiary/aromatic N) is 2. The lowest BCUT2D eigenvalue weighted by molar-refractivity contribution is 0.669. The fourth-order valence-electron chi connectivity index (χ4n) is 10.8. The molecule has 1 aliphatic heterocycles. The highest BCUT2D eigenvalue weighted by Crippen LogP contribution is 2.40. The lowest BCUT2D eigenvalue weighted by atomic mass is 9.91. The molecule has 12 aromatic carbocycles. The first-order chi connectivity index (χ1) is 35.2. The average molecular weight is 906 g/mol. The molecule has 332 valence electrons. The molecule has 1 atom stereocenters. The number of benzene rings is 12. The summed E-state index contributed by atoms with van der Waals surface area (Å²) in [7, 11) is 0. The van der Waals surface area contributed by atoms with E-state index >= 15 is 0 Å². The molecule has 0 spiro atoms. The van der Waals surface area contributed by atoms with Crippen LogP contribution in [-0.2, 0) is 0 Å². The van der Waals surface area contributed by atoms with Crippen molar-refractivity contribution in [2.75, 3.05) is 0 Å². The summed E-state index contributed by atoms with van der Waals surface area (Å²) in [4.78, 5) is 10.2. The molecule has 1 N–H and O–H groups in total. The molecule has 4 nitrogen and oxygen atoms in total. The van der Waals surface area contributed by atoms with Gasteiger partial charge in [-0.2, -0.15) is 0 Å². The predicted molar refractivity (Wildman–Crippen MR) is 297 cm³/mol. The second kappa shape index (κ2) is 16.7. The van der Waals surface area contributed by atoms with Crippen molar-refractivity contribution in [2.45, 2.75) is 6.17 Å². The van der Waals surface area contributed by atoms with Crippen LogP contribution in [0.5, 0.6) is 0 Å². The SMILES string of the molecule is c1ccc(C2=NC(c3ccccc3)NC(c3cccc4c(-c5ccc6c(c5)oc5ccc(-c7cccc(-c8cccc(-c9ccc%10c%11ccccc%11c%11ccccc%11c%10c9)c8)c7)cc56)cccc34)=N2)cc1. The van der Waals surface area contributed by atoms with Crippen LogP contribution < -0.4 is 5.32 Å². The van der Waals surface area contributed by atoms with Gasteiger partial charge in [-0.25, -0.2) is 9.98 Å². The maximum Gasteiger partial charge on any atom is 0.159 e. The monoisotopic (exact) mass is 905 g/mol. The molecule has 0 aliphatic carbocycles. The van der Waals surface area contributed by atoms with Gasteiger partial charge in [0.15, 0.2) is 5.84 Å². The van der Waals surface area contributed by atoms with Crippen LogP contribution >= 0.6 is 0 Å². The molecule has 14 rings (SSSR count). The van der Waals surface area contributed by atoms with E-state index in [0.29, 0.717) is 5.84 Å². The fraction of sp³-hybridized carbons (Fsp3) is 0.0149. The van der Waals surface area contributed by atoms with Gasteiger partial charge < -0.3 is 9.73 Å². The fourth-order valence-corrected chi connectivity index (χ4v) is 10.8. The minimum atomic E-state index is -0.278. The van der Waals surface area contributed by atoms with Crippen LogP contribution in [0.3, 0.4) is 0 Å². The standard InChI is InChI=1S/C67H43N3O/c1-3-15-42(16-4-1)65-68-66(43-17-5-2-6-18-43)70-67(69-65)60-30-14-28-52-51(27-13-29-56(52)60)50-32-35-59-62-40-49(33-36-63(62)71-64(59)41-50)47-22-12-20-45(38-47)44-19-11-21-46(37-44)48-31-34-58-55-25-8-7-23-53(55)54-24-9-10-26-57(54)61(58)39-48/h1-41,65H,(H,68,69,70). The Morgan fingerprint density at radius 1 is 0.296 bits per heavy atom. The Labute approximate surface area is 410 Å². The molecule has 0 saturated heterocycles. The second-order valence-corrected chi connectivity index (χ2v) is 18.5. The Kier molecular flexibility index (Phi) is 9.56. The van der Waals surface area contributed by atoms with Crippen molar-refractivity contribution < 1.29 is 4.42 Å². The summed E-state index contributed by atoms with van der Waals surface area (Å²) in [6.07, 6.45) is -0.278. The van der Waals surface area contributed by atoms with E-state index in [1.165, 1.54) is 54.6 Å². The molecule has 0 bridgehead atoms. The number of hydrogen-bond acceptors (Lipinski definition) is 4. The highest BCUT2D eigenvalue weighted by molar-refractivity contribution is 6.26. The molecule has 0 saturated carbocycles. The van der Waals surface area contributed by atoms with Gasteiger partial charge >= 0.3 is 0 Å². The zero-order chi connectivity index (χ0) is 46.8. The van der Waals surface area contributed by atoms with Gasteiger partial charge in [0.2, 0.25) is 0 Å². The summed E-state index contributed by atoms with van der Waals surface area (Å²) in [5, 5.41) is 15.8. The van der Waals surface area contributed by atoms with Crippen molar-refractivity contribution >= 4 is 76.7 Å². The van der Waals surface area contributed by atoms with Crippen LogP contribution in [0.1, 0.15) is 22.9 Å². The van der Waals surface area contributed by atoms with Gasteiger partial charge in [0.05, 0.1) is 0 Å². The Balaban J connectivity index is 0.785. The van der Waals surface area contributed by atoms with Crippen molar-refractivity contribution in [3.8, 4) is 44.5 Å². The molecule has 2 heterocycles. The third-order valence-corrected chi connectivity index (χ3v) is 14.3. The zero-order valence-electron chi connectivity index (χ0n) is 38.6. The molecule has 1 unspecified atom stereocenters. The van der Waals surface area contributed by atoms with E-state index < -0.39 is 0 Å². The number of rotatable bonds is 7. The number of fused-ring (bicyclic) bond motifs is 10. The van der Waals surface area contributed by atoms with E-state index in [1.54, 1.807) is 0 Å². The summed E-state index contributed by atoms with van der Waals surface area (Å²) in [6, 6.07) is 89.0. The van der Waals surface area contributed by atoms with E-state index in [2.05, 4.69) is 230 Å². The lowest BCUT2D eigenvalue weighted by Gasteiger charge is -2.24. The van der Waals surface area contributed by atoms with Crippen LogP contribution in [0, 0.1) is 0 Å². The van der Waals surface area contributed by atoms with Gasteiger partial charge in [0.1, 0.15) is 23.2 Å². The quantitative estimate of drug-likeness (QED) is 0.162. The molecule has 0 fully saturated rings. The van der Waals surface area contributed by atoms with Gasteiger partial charge in [0.25, 0.3) is 0 Å². The summed E-state index contributed by atoms with van der Waals surface area (Å²) in [6.45, 7) is 0. The third kappa shape index (κ3) is 7.07. The predicted octanol–water partition coefficient (Wildman–Crippen LogP) is 17.4. The lowest BCUT2D eigenvalue weighted by Crippen LogP contribution is -2.33. The molecule has 71 heavy (non-hydrogen) atoms. The van der Waals surface area contributed by atoms with E-state index in [1.807, 2.05) is 24.3 Å². The highest BCUT2D eigenvalue weighted by atomic mass is 16.3. The first-order valence-electron chi connectivity index (χ1n) is 24.2. The van der Waals surface area contributed by atoms with E-state index in [0.717, 1.165) is 77.5 Å². The molecule has 1 aliphatic rings. The summed E-state index contributed by atoms with van der Waals surface area (Å²) >= 11 is 0. The Bertz CT molecular complexity index is 4280. The van der Waals surface area contributed by atoms with Crippen molar-refractivity contribution in [1.82, 2.24) is 5.32 Å². The smallest absolute Gasteiger partial charge is 0.159 e. The highest BCUT2D eigenvalue weighted by Gasteiger charge is 2.23. The van der Waals surface area contributed by atoms with Crippen LogP contribution in [0.2, 0.25) is 0 Å². The largest absolute Gasteiger partial charge is 0.456 e. The van der Waals surface area contributed by atoms with Crippen molar-refractivity contribution in [3.05, 3.63) is 265 Å². The number of nitrogens with one attached hydrogen (secondary N) is 1. The Morgan fingerprint density at radius 2 is 0.761 bits per heavy atom. The first kappa shape index (κ1) is 40.7. The number of furan rings is 1. The summed E-state index contributed by atoms with van der Waals surface area (Å²) in [5.41, 5.74) is 14.1. The van der Waals surface area contributed by atoms with Gasteiger partial charge in [-0.05, 0) is 136 Å². The van der Waals surface area contributed by atoms with Gasteiger partial charge in [0, 0.05) is 21.9 Å². The van der Waals surface area contributed by atoms with Gasteiger partial charge in [-0.1, -0.05) is 206 Å². The van der Waals surface area contributed by atoms with Crippen LogP contribution in [0.15, 0.2) is 263 Å². The molecule has 1 aromatic heterocycles. The topological polar surface area (TPSA) is 49.9 Å². The normalized spacial score (nSPS) is 13.8. The maximum atomic E-state index is 6.62. The number of aliphatic imine (C=N–C) groups is 2. The van der Waals surface area contributed by atoms with Gasteiger partial charge in [-0.3, -0.25) is 0 Å². The molecule has 0 amide bonds. The van der Waals surface area contributed by atoms with Crippen LogP contribution in [0.25, 0.3) is 110 Å². The third-order valence-electron chi connectivity index (χ3n) is 14.3. The zero-order valence-corrected chi connectivity index (χ0v) is 38.6. The molecular weight excluding hydrogens is 863 g/mol. The molecular formula is C67H43N3O. The minimum Gasteiger partial charge on any atom is -0.456 e. The molecule has 0 radical (unpaired) electrons.